The molecule has 36 heavy (non-hydrogen) atoms. The summed E-state index contributed by atoms with van der Waals surface area (Å²) in [5, 5.41) is 9.64. The number of carbonyl (C=O) groups is 3. The normalized spacial score (nSPS) is 33.5. The van der Waals surface area contributed by atoms with E-state index >= 15 is 0 Å². The Balaban J connectivity index is 1.61. The molecule has 8 nitrogen and oxygen atoms in total. The van der Waals surface area contributed by atoms with Crippen molar-refractivity contribution in [3.05, 3.63) is 53.6 Å². The van der Waals surface area contributed by atoms with E-state index in [0.717, 1.165) is 6.42 Å². The van der Waals surface area contributed by atoms with E-state index in [2.05, 4.69) is 0 Å². The Bertz CT molecular complexity index is 1140. The van der Waals surface area contributed by atoms with Crippen LogP contribution in [0.25, 0.3) is 0 Å². The van der Waals surface area contributed by atoms with Crippen molar-refractivity contribution in [2.75, 3.05) is 38.2 Å². The van der Waals surface area contributed by atoms with Gasteiger partial charge in [0.2, 0.25) is 11.8 Å². The van der Waals surface area contributed by atoms with Gasteiger partial charge in [-0.1, -0.05) is 48.0 Å². The lowest BCUT2D eigenvalue weighted by atomic mass is 9.74. The van der Waals surface area contributed by atoms with Gasteiger partial charge < -0.3 is 24.5 Å². The van der Waals surface area contributed by atoms with Crippen molar-refractivity contribution in [1.29, 1.82) is 0 Å². The first kappa shape index (κ1) is 25.0. The third-order valence-electron chi connectivity index (χ3n) is 7.96. The number of hydrogen-bond donors (Lipinski definition) is 1. The van der Waals surface area contributed by atoms with Gasteiger partial charge in [0.15, 0.2) is 0 Å². The van der Waals surface area contributed by atoms with Crippen LogP contribution in [0.1, 0.15) is 26.2 Å². The number of aliphatic hydroxyl groups is 1. The molecule has 4 aliphatic heterocycles. The highest BCUT2D eigenvalue weighted by molar-refractivity contribution is 6.34. The molecule has 1 N–H and O–H groups in total. The topological polar surface area (TPSA) is 90.4 Å². The van der Waals surface area contributed by atoms with Gasteiger partial charge in [0, 0.05) is 33.3 Å². The first-order chi connectivity index (χ1) is 17.2. The van der Waals surface area contributed by atoms with E-state index in [4.69, 9.17) is 16.3 Å². The molecule has 0 aromatic heterocycles. The number of halogens is 1. The van der Waals surface area contributed by atoms with Crippen molar-refractivity contribution in [2.24, 2.45) is 11.8 Å². The van der Waals surface area contributed by atoms with Crippen LogP contribution >= 0.6 is 11.6 Å². The van der Waals surface area contributed by atoms with Gasteiger partial charge in [-0.15, -0.1) is 0 Å². The summed E-state index contributed by atoms with van der Waals surface area (Å²) in [4.78, 5) is 46.8. The minimum absolute atomic E-state index is 0.0720. The van der Waals surface area contributed by atoms with E-state index in [1.54, 1.807) is 39.9 Å². The molecule has 5 rings (SSSR count). The van der Waals surface area contributed by atoms with E-state index in [1.807, 2.05) is 37.3 Å². The van der Waals surface area contributed by atoms with Gasteiger partial charge in [-0.2, -0.15) is 0 Å². The Morgan fingerprint density at radius 2 is 1.75 bits per heavy atom. The summed E-state index contributed by atoms with van der Waals surface area (Å²) in [6, 6.07) is 6.20. The first-order valence-electron chi connectivity index (χ1n) is 12.5. The second-order valence-electron chi connectivity index (χ2n) is 10.2. The number of amides is 3. The van der Waals surface area contributed by atoms with Crippen molar-refractivity contribution in [2.45, 2.75) is 43.4 Å². The monoisotopic (exact) mass is 513 g/mol. The van der Waals surface area contributed by atoms with Crippen LogP contribution in [0.5, 0.6) is 0 Å². The molecule has 1 unspecified atom stereocenters. The Kier molecular flexibility index (Phi) is 6.47. The largest absolute Gasteiger partial charge is 0.396 e. The zero-order valence-electron chi connectivity index (χ0n) is 20.6. The SMILES string of the molecule is CN1CC=C[C@@]2(C)O[C@]34C=CCN(c5ccccc5Cl)C(=O)C3N(CCCCCO)C(=O)[C@@H]4[C@H]2C1=O. The van der Waals surface area contributed by atoms with Gasteiger partial charge in [-0.25, -0.2) is 0 Å². The summed E-state index contributed by atoms with van der Waals surface area (Å²) in [6.07, 6.45) is 9.41. The number of unbranched alkanes of at least 4 members (excludes halogenated alkanes) is 2. The fourth-order valence-corrected chi connectivity index (χ4v) is 6.58. The number of ether oxygens (including phenoxy) is 1. The van der Waals surface area contributed by atoms with Crippen LogP contribution in [0, 0.1) is 11.8 Å². The molecule has 1 aromatic rings. The molecule has 5 atom stereocenters. The van der Waals surface area contributed by atoms with Crippen molar-refractivity contribution in [1.82, 2.24) is 9.80 Å². The Labute approximate surface area is 216 Å². The molecule has 2 saturated heterocycles. The number of fused-ring (bicyclic) bond motifs is 2. The number of likely N-dealkylation sites (N-methyl/N-ethyl adjacent to an activating group) is 1. The number of para-hydroxylation sites is 1. The predicted octanol–water partition coefficient (Wildman–Crippen LogP) is 2.40. The quantitative estimate of drug-likeness (QED) is 0.466. The third kappa shape index (κ3) is 3.69. The van der Waals surface area contributed by atoms with Gasteiger partial charge in [-0.3, -0.25) is 14.4 Å². The second kappa shape index (κ2) is 9.32. The average Bonchev–Trinajstić information content (AvgIpc) is 3.12. The summed E-state index contributed by atoms with van der Waals surface area (Å²) in [7, 11) is 1.72. The minimum Gasteiger partial charge on any atom is -0.396 e. The van der Waals surface area contributed by atoms with Crippen LogP contribution in [0.15, 0.2) is 48.6 Å². The number of carbonyl (C=O) groups excluding carboxylic acids is 3. The molecule has 9 heteroatoms. The van der Waals surface area contributed by atoms with Crippen LogP contribution in [0.2, 0.25) is 5.02 Å². The number of hydrogen-bond acceptors (Lipinski definition) is 5. The van der Waals surface area contributed by atoms with Gasteiger partial charge in [0.1, 0.15) is 11.6 Å². The predicted molar refractivity (Wildman–Crippen MR) is 135 cm³/mol. The molecule has 0 radical (unpaired) electrons. The lowest BCUT2D eigenvalue weighted by Gasteiger charge is -2.37. The van der Waals surface area contributed by atoms with Crippen molar-refractivity contribution in [3.63, 3.8) is 0 Å². The van der Waals surface area contributed by atoms with Crippen LogP contribution in [-0.4, -0.2) is 83.2 Å². The number of anilines is 1. The summed E-state index contributed by atoms with van der Waals surface area (Å²) < 4.78 is 6.76. The highest BCUT2D eigenvalue weighted by atomic mass is 35.5. The number of likely N-dealkylation sites (tertiary alicyclic amines) is 1. The van der Waals surface area contributed by atoms with E-state index in [9.17, 15) is 19.5 Å². The molecule has 192 valence electrons. The van der Waals surface area contributed by atoms with Crippen LogP contribution in [0.3, 0.4) is 0 Å². The van der Waals surface area contributed by atoms with E-state index in [0.29, 0.717) is 36.6 Å². The highest BCUT2D eigenvalue weighted by Crippen LogP contribution is 2.57. The maximum Gasteiger partial charge on any atom is 0.253 e. The fourth-order valence-electron chi connectivity index (χ4n) is 6.34. The van der Waals surface area contributed by atoms with Crippen LogP contribution < -0.4 is 4.90 Å². The summed E-state index contributed by atoms with van der Waals surface area (Å²) >= 11 is 6.47. The Morgan fingerprint density at radius 1 is 1.00 bits per heavy atom. The lowest BCUT2D eigenvalue weighted by molar-refractivity contribution is -0.148. The molecule has 4 heterocycles. The molecule has 0 saturated carbocycles. The Hall–Kier alpha value is -2.68. The molecular formula is C27H32ClN3O5. The molecule has 0 bridgehead atoms. The van der Waals surface area contributed by atoms with E-state index < -0.39 is 29.1 Å². The molecule has 3 amide bonds. The molecular weight excluding hydrogens is 482 g/mol. The van der Waals surface area contributed by atoms with Gasteiger partial charge >= 0.3 is 0 Å². The number of benzene rings is 1. The maximum atomic E-state index is 14.3. The number of rotatable bonds is 6. The first-order valence-corrected chi connectivity index (χ1v) is 12.9. The van der Waals surface area contributed by atoms with Crippen molar-refractivity contribution >= 4 is 35.0 Å². The summed E-state index contributed by atoms with van der Waals surface area (Å²) in [5.74, 6) is -2.26. The van der Waals surface area contributed by atoms with Gasteiger partial charge in [0.25, 0.3) is 5.91 Å². The average molecular weight is 514 g/mol. The molecule has 1 aromatic carbocycles. The van der Waals surface area contributed by atoms with E-state index in [1.165, 1.54) is 0 Å². The maximum absolute atomic E-state index is 14.3. The lowest BCUT2D eigenvalue weighted by Crippen LogP contribution is -2.56. The molecule has 1 spiro atoms. The van der Waals surface area contributed by atoms with Crippen LogP contribution in [0.4, 0.5) is 5.69 Å². The number of aliphatic hydroxyl groups excluding tert-OH is 1. The Morgan fingerprint density at radius 3 is 2.50 bits per heavy atom. The van der Waals surface area contributed by atoms with E-state index in [-0.39, 0.29) is 30.9 Å². The zero-order chi connectivity index (χ0) is 25.7. The van der Waals surface area contributed by atoms with Crippen molar-refractivity contribution < 1.29 is 24.2 Å². The number of nitrogens with zero attached hydrogens (tertiary/aromatic N) is 3. The summed E-state index contributed by atoms with van der Waals surface area (Å²) in [5.41, 5.74) is -1.73. The molecule has 2 fully saturated rings. The summed E-state index contributed by atoms with van der Waals surface area (Å²) in [6.45, 7) is 2.95. The smallest absolute Gasteiger partial charge is 0.253 e. The molecule has 0 aliphatic carbocycles. The second-order valence-corrected chi connectivity index (χ2v) is 10.6. The third-order valence-corrected chi connectivity index (χ3v) is 8.28. The highest BCUT2D eigenvalue weighted by Gasteiger charge is 2.74. The van der Waals surface area contributed by atoms with Crippen molar-refractivity contribution in [3.8, 4) is 0 Å². The molecule has 4 aliphatic rings. The van der Waals surface area contributed by atoms with Crippen LogP contribution in [-0.2, 0) is 19.1 Å². The minimum atomic E-state index is -1.28. The standard InChI is InChI=1S/C27H32ClN3O5/c1-26-12-8-14-29(2)23(33)20(26)21-24(34)31(15-6-3-7-17-32)22-25(35)30(16-9-13-27(21,22)36-26)19-11-5-4-10-18(19)28/h4-5,8-13,20-22,32H,3,6-7,14-17H2,1-2H3/t20-,21-,22?,26+,27-/m0/s1. The van der Waals surface area contributed by atoms with Gasteiger partial charge in [-0.05, 0) is 38.3 Å². The zero-order valence-corrected chi connectivity index (χ0v) is 21.4. The van der Waals surface area contributed by atoms with Gasteiger partial charge in [0.05, 0.1) is 28.1 Å². The fraction of sp³-hybridized carbons (Fsp3) is 0.519.